The van der Waals surface area contributed by atoms with E-state index in [4.69, 9.17) is 0 Å². The Morgan fingerprint density at radius 1 is 0.958 bits per heavy atom. The van der Waals surface area contributed by atoms with Gasteiger partial charge in [0.2, 0.25) is 0 Å². The summed E-state index contributed by atoms with van der Waals surface area (Å²) >= 11 is 0. The van der Waals surface area contributed by atoms with E-state index in [9.17, 15) is 0 Å². The van der Waals surface area contributed by atoms with E-state index in [2.05, 4.69) is 82.9 Å². The van der Waals surface area contributed by atoms with Gasteiger partial charge in [-0.05, 0) is 35.3 Å². The molecule has 0 amide bonds. The second-order valence-corrected chi connectivity index (χ2v) is 12.7. The van der Waals surface area contributed by atoms with Crippen LogP contribution in [0.25, 0.3) is 0 Å². The molecular weight excluding hydrogens is 310 g/mol. The van der Waals surface area contributed by atoms with Crippen LogP contribution in [0.3, 0.4) is 0 Å². The predicted molar refractivity (Wildman–Crippen MR) is 103 cm³/mol. The number of hydrogen-bond donors (Lipinski definition) is 2. The molecule has 1 saturated carbocycles. The molecule has 2 aliphatic carbocycles. The molecule has 4 heteroatoms. The Kier molecular flexibility index (Phi) is 4.48. The van der Waals surface area contributed by atoms with Gasteiger partial charge in [-0.1, -0.05) is 67.7 Å². The molecule has 0 aromatic heterocycles. The van der Waals surface area contributed by atoms with Gasteiger partial charge >= 0.3 is 0 Å². The quantitative estimate of drug-likeness (QED) is 0.826. The maximum Gasteiger partial charge on any atom is 0.128 e. The molecule has 0 radical (unpaired) electrons. The fraction of sp³-hybridized carbons (Fsp3) is 0.500. The fourth-order valence-corrected chi connectivity index (χ4v) is 8.63. The molecule has 128 valence electrons. The molecule has 4 rings (SSSR count). The number of rotatable bonds is 3. The van der Waals surface area contributed by atoms with Gasteiger partial charge in [0.25, 0.3) is 0 Å². The number of nitrogens with zero attached hydrogens (tertiary/aromatic N) is 1. The third kappa shape index (κ3) is 2.82. The molecule has 1 heterocycles. The van der Waals surface area contributed by atoms with Crippen LogP contribution in [0.2, 0.25) is 18.6 Å². The molecule has 1 aromatic carbocycles. The van der Waals surface area contributed by atoms with Crippen LogP contribution in [-0.2, 0) is 0 Å². The van der Waals surface area contributed by atoms with Crippen LogP contribution in [0, 0.1) is 11.8 Å². The lowest BCUT2D eigenvalue weighted by molar-refractivity contribution is 0.283. The lowest BCUT2D eigenvalue weighted by Gasteiger charge is -2.45. The number of hydrogen-bond acceptors (Lipinski definition) is 3. The standard InChI is InChI=1S/C20H29N3Si/c1-24(2,23-14-21-13-22-15-23)20-12-19(16-8-4-3-5-9-16)17-10-6-7-11-18(17)20/h3-11,17-22H,12-15H2,1-2H3. The molecule has 1 saturated heterocycles. The smallest absolute Gasteiger partial charge is 0.128 e. The third-order valence-corrected chi connectivity index (χ3v) is 10.8. The van der Waals surface area contributed by atoms with Crippen molar-refractivity contribution in [3.63, 3.8) is 0 Å². The highest BCUT2D eigenvalue weighted by Gasteiger charge is 2.51. The molecule has 0 bridgehead atoms. The Hall–Kier alpha value is -1.20. The molecule has 2 fully saturated rings. The minimum absolute atomic E-state index is 0.667. The van der Waals surface area contributed by atoms with E-state index in [1.807, 2.05) is 0 Å². The summed E-state index contributed by atoms with van der Waals surface area (Å²) < 4.78 is 2.71. The Bertz CT molecular complexity index is 619. The molecule has 4 unspecified atom stereocenters. The summed E-state index contributed by atoms with van der Waals surface area (Å²) in [5.74, 6) is 2.03. The number of allylic oxidation sites excluding steroid dienone is 4. The van der Waals surface area contributed by atoms with E-state index in [-0.39, 0.29) is 0 Å². The van der Waals surface area contributed by atoms with Crippen molar-refractivity contribution >= 4 is 8.24 Å². The minimum Gasteiger partial charge on any atom is -0.299 e. The molecule has 3 nitrogen and oxygen atoms in total. The van der Waals surface area contributed by atoms with Gasteiger partial charge in [-0.15, -0.1) is 0 Å². The van der Waals surface area contributed by atoms with Gasteiger partial charge in [-0.3, -0.25) is 15.2 Å². The fourth-order valence-electron chi connectivity index (χ4n) is 5.02. The van der Waals surface area contributed by atoms with Gasteiger partial charge in [-0.2, -0.15) is 0 Å². The van der Waals surface area contributed by atoms with Crippen LogP contribution in [0.4, 0.5) is 0 Å². The first-order valence-corrected chi connectivity index (χ1v) is 12.3. The van der Waals surface area contributed by atoms with Crippen molar-refractivity contribution in [2.45, 2.75) is 31.0 Å². The molecule has 1 aliphatic heterocycles. The van der Waals surface area contributed by atoms with Crippen molar-refractivity contribution in [2.75, 3.05) is 20.0 Å². The van der Waals surface area contributed by atoms with Crippen molar-refractivity contribution in [3.8, 4) is 0 Å². The zero-order valence-corrected chi connectivity index (χ0v) is 15.8. The maximum atomic E-state index is 3.50. The van der Waals surface area contributed by atoms with Crippen molar-refractivity contribution in [1.29, 1.82) is 0 Å². The average molecular weight is 340 g/mol. The van der Waals surface area contributed by atoms with Crippen molar-refractivity contribution in [2.24, 2.45) is 11.8 Å². The molecule has 0 spiro atoms. The second kappa shape index (κ2) is 6.60. The number of fused-ring (bicyclic) bond motifs is 1. The minimum atomic E-state index is -1.53. The third-order valence-electron chi connectivity index (χ3n) is 6.46. The molecule has 1 aromatic rings. The van der Waals surface area contributed by atoms with Gasteiger partial charge in [-0.25, -0.2) is 0 Å². The van der Waals surface area contributed by atoms with Crippen molar-refractivity contribution in [3.05, 3.63) is 60.2 Å². The van der Waals surface area contributed by atoms with Gasteiger partial charge in [0.15, 0.2) is 0 Å². The highest BCUT2D eigenvalue weighted by molar-refractivity contribution is 6.76. The summed E-state index contributed by atoms with van der Waals surface area (Å²) in [5, 5.41) is 6.99. The monoisotopic (exact) mass is 339 g/mol. The van der Waals surface area contributed by atoms with Gasteiger partial charge in [0.05, 0.1) is 0 Å². The second-order valence-electron chi connectivity index (χ2n) is 7.97. The Balaban J connectivity index is 1.63. The van der Waals surface area contributed by atoms with E-state index in [0.29, 0.717) is 17.8 Å². The largest absolute Gasteiger partial charge is 0.299 e. The molecule has 3 aliphatic rings. The number of nitrogens with one attached hydrogen (secondary N) is 2. The van der Waals surface area contributed by atoms with E-state index >= 15 is 0 Å². The summed E-state index contributed by atoms with van der Waals surface area (Å²) in [5.41, 5.74) is 2.32. The summed E-state index contributed by atoms with van der Waals surface area (Å²) in [6.07, 6.45) is 10.8. The van der Waals surface area contributed by atoms with Crippen molar-refractivity contribution < 1.29 is 0 Å². The Labute approximate surface area is 146 Å². The highest BCUT2D eigenvalue weighted by atomic mass is 28.3. The summed E-state index contributed by atoms with van der Waals surface area (Å²) in [6.45, 7) is 8.16. The Morgan fingerprint density at radius 3 is 2.33 bits per heavy atom. The van der Waals surface area contributed by atoms with Crippen LogP contribution in [-0.4, -0.2) is 32.8 Å². The highest BCUT2D eigenvalue weighted by Crippen LogP contribution is 2.56. The summed E-state index contributed by atoms with van der Waals surface area (Å²) in [6, 6.07) is 11.2. The topological polar surface area (TPSA) is 27.3 Å². The summed E-state index contributed by atoms with van der Waals surface area (Å²) in [4.78, 5) is 0. The van der Waals surface area contributed by atoms with Gasteiger partial charge in [0, 0.05) is 20.0 Å². The van der Waals surface area contributed by atoms with E-state index in [0.717, 1.165) is 25.5 Å². The molecule has 4 atom stereocenters. The first kappa shape index (κ1) is 16.3. The lowest BCUT2D eigenvalue weighted by atomic mass is 9.83. The zero-order valence-electron chi connectivity index (χ0n) is 14.8. The van der Waals surface area contributed by atoms with E-state index in [1.165, 1.54) is 12.0 Å². The molecule has 24 heavy (non-hydrogen) atoms. The van der Waals surface area contributed by atoms with E-state index in [1.54, 1.807) is 0 Å². The molecular formula is C20H29N3Si. The molecule has 2 N–H and O–H groups in total. The van der Waals surface area contributed by atoms with E-state index < -0.39 is 8.24 Å². The van der Waals surface area contributed by atoms with Crippen LogP contribution in [0.1, 0.15) is 17.9 Å². The van der Waals surface area contributed by atoms with Crippen LogP contribution in [0.5, 0.6) is 0 Å². The first-order valence-electron chi connectivity index (χ1n) is 9.24. The van der Waals surface area contributed by atoms with Gasteiger partial charge in [0.1, 0.15) is 8.24 Å². The van der Waals surface area contributed by atoms with Crippen LogP contribution < -0.4 is 10.6 Å². The predicted octanol–water partition coefficient (Wildman–Crippen LogP) is 3.47. The number of benzene rings is 1. The summed E-state index contributed by atoms with van der Waals surface area (Å²) in [7, 11) is -1.53. The SMILES string of the molecule is C[Si](C)(C1CC(c2ccccc2)C2C=CC=CC21)N1CNCNC1. The lowest BCUT2D eigenvalue weighted by Crippen LogP contribution is -2.63. The van der Waals surface area contributed by atoms with Crippen LogP contribution in [0.15, 0.2) is 54.6 Å². The van der Waals surface area contributed by atoms with Crippen LogP contribution >= 0.6 is 0 Å². The normalized spacial score (nSPS) is 33.6. The first-order chi connectivity index (χ1) is 11.7. The maximum absolute atomic E-state index is 3.50. The average Bonchev–Trinajstić information content (AvgIpc) is 3.04. The zero-order chi connectivity index (χ0) is 16.6. The Morgan fingerprint density at radius 2 is 1.62 bits per heavy atom. The van der Waals surface area contributed by atoms with Crippen molar-refractivity contribution in [1.82, 2.24) is 15.2 Å². The van der Waals surface area contributed by atoms with Gasteiger partial charge < -0.3 is 0 Å².